The molecule has 0 unspecified atom stereocenters. The average molecular weight is 283 g/mol. The van der Waals surface area contributed by atoms with E-state index >= 15 is 0 Å². The fourth-order valence-corrected chi connectivity index (χ4v) is 2.12. The molecule has 0 fully saturated rings. The molecule has 1 aromatic carbocycles. The molecule has 2 aromatic rings. The van der Waals surface area contributed by atoms with Crippen molar-refractivity contribution in [2.45, 2.75) is 0 Å². The molecule has 2 rings (SSSR count). The Hall–Kier alpha value is -1.33. The number of halogens is 1. The third-order valence-electron chi connectivity index (χ3n) is 2.25. The van der Waals surface area contributed by atoms with Gasteiger partial charge in [0.05, 0.1) is 4.47 Å². The van der Waals surface area contributed by atoms with Gasteiger partial charge >= 0.3 is 0 Å². The van der Waals surface area contributed by atoms with E-state index in [0.29, 0.717) is 5.69 Å². The summed E-state index contributed by atoms with van der Waals surface area (Å²) < 4.78 is 5.56. The number of hydrogen-bond acceptors (Lipinski definition) is 2. The zero-order valence-electron chi connectivity index (χ0n) is 8.71. The predicted molar refractivity (Wildman–Crippen MR) is 65.3 cm³/mol. The van der Waals surface area contributed by atoms with Crippen LogP contribution in [-0.2, 0) is 4.74 Å². The minimum atomic E-state index is -0.190. The summed E-state index contributed by atoms with van der Waals surface area (Å²) in [5.41, 5.74) is 1.44. The topological polar surface area (TPSA) is 54.1 Å². The summed E-state index contributed by atoms with van der Waals surface area (Å²) in [6.45, 7) is 0.195. The van der Waals surface area contributed by atoms with Gasteiger partial charge < -0.3 is 15.0 Å². The standard InChI is InChI=1S/C11H11BrN2O2/c1-16-6-13-11(15)10-9(12)7-4-2-3-5-8(7)14-10/h2-5,14H,6H2,1H3,(H,13,15). The highest BCUT2D eigenvalue weighted by molar-refractivity contribution is 9.10. The van der Waals surface area contributed by atoms with Crippen LogP contribution in [0.2, 0.25) is 0 Å². The lowest BCUT2D eigenvalue weighted by atomic mass is 10.2. The number of benzene rings is 1. The van der Waals surface area contributed by atoms with Crippen LogP contribution in [-0.4, -0.2) is 24.7 Å². The fourth-order valence-electron chi connectivity index (χ4n) is 1.49. The lowest BCUT2D eigenvalue weighted by Crippen LogP contribution is -2.25. The van der Waals surface area contributed by atoms with Gasteiger partial charge in [-0.05, 0) is 22.0 Å². The molecule has 0 saturated heterocycles. The minimum absolute atomic E-state index is 0.190. The maximum absolute atomic E-state index is 11.7. The number of para-hydroxylation sites is 1. The molecule has 0 spiro atoms. The molecule has 1 heterocycles. The Morgan fingerprint density at radius 2 is 2.25 bits per heavy atom. The molecular formula is C11H11BrN2O2. The molecule has 2 N–H and O–H groups in total. The predicted octanol–water partition coefficient (Wildman–Crippen LogP) is 2.26. The molecule has 0 radical (unpaired) electrons. The van der Waals surface area contributed by atoms with Crippen LogP contribution in [0.15, 0.2) is 28.7 Å². The first-order valence-corrected chi connectivity index (χ1v) is 5.56. The molecular weight excluding hydrogens is 272 g/mol. The summed E-state index contributed by atoms with van der Waals surface area (Å²) in [5.74, 6) is -0.190. The van der Waals surface area contributed by atoms with Gasteiger partial charge in [-0.2, -0.15) is 0 Å². The quantitative estimate of drug-likeness (QED) is 0.849. The normalized spacial score (nSPS) is 10.6. The molecule has 84 valence electrons. The van der Waals surface area contributed by atoms with Gasteiger partial charge in [-0.1, -0.05) is 18.2 Å². The number of aromatic nitrogens is 1. The number of hydrogen-bond donors (Lipinski definition) is 2. The lowest BCUT2D eigenvalue weighted by Gasteiger charge is -2.01. The summed E-state index contributed by atoms with van der Waals surface area (Å²) in [7, 11) is 1.53. The van der Waals surface area contributed by atoms with Crippen molar-refractivity contribution in [2.24, 2.45) is 0 Å². The van der Waals surface area contributed by atoms with Crippen LogP contribution < -0.4 is 5.32 Å². The molecule has 1 amide bonds. The van der Waals surface area contributed by atoms with Crippen molar-refractivity contribution in [2.75, 3.05) is 13.8 Å². The average Bonchev–Trinajstić information content (AvgIpc) is 2.64. The summed E-state index contributed by atoms with van der Waals surface area (Å²) in [4.78, 5) is 14.8. The van der Waals surface area contributed by atoms with Crippen molar-refractivity contribution in [3.8, 4) is 0 Å². The maximum Gasteiger partial charge on any atom is 0.270 e. The number of carbonyl (C=O) groups excluding carboxylic acids is 1. The van der Waals surface area contributed by atoms with E-state index in [1.807, 2.05) is 24.3 Å². The number of nitrogens with one attached hydrogen (secondary N) is 2. The Morgan fingerprint density at radius 3 is 2.94 bits per heavy atom. The number of amides is 1. The fraction of sp³-hybridized carbons (Fsp3) is 0.182. The van der Waals surface area contributed by atoms with Crippen LogP contribution in [0.4, 0.5) is 0 Å². The highest BCUT2D eigenvalue weighted by Crippen LogP contribution is 2.27. The number of fused-ring (bicyclic) bond motifs is 1. The first-order chi connectivity index (χ1) is 7.74. The highest BCUT2D eigenvalue weighted by atomic mass is 79.9. The summed E-state index contributed by atoms with van der Waals surface area (Å²) in [6.07, 6.45) is 0. The van der Waals surface area contributed by atoms with Crippen LogP contribution in [0.3, 0.4) is 0 Å². The minimum Gasteiger partial charge on any atom is -0.364 e. The van der Waals surface area contributed by atoms with Crippen molar-refractivity contribution in [1.82, 2.24) is 10.3 Å². The van der Waals surface area contributed by atoms with E-state index in [1.54, 1.807) is 0 Å². The Kier molecular flexibility index (Phi) is 3.26. The van der Waals surface area contributed by atoms with E-state index in [2.05, 4.69) is 26.2 Å². The van der Waals surface area contributed by atoms with Crippen molar-refractivity contribution >= 4 is 32.7 Å². The molecule has 0 bridgehead atoms. The van der Waals surface area contributed by atoms with Crippen molar-refractivity contribution in [3.63, 3.8) is 0 Å². The smallest absolute Gasteiger partial charge is 0.270 e. The van der Waals surface area contributed by atoms with E-state index in [1.165, 1.54) is 7.11 Å². The second kappa shape index (κ2) is 4.67. The van der Waals surface area contributed by atoms with Gasteiger partial charge in [-0.25, -0.2) is 0 Å². The molecule has 0 atom stereocenters. The molecule has 4 nitrogen and oxygen atoms in total. The van der Waals surface area contributed by atoms with Crippen LogP contribution in [0.25, 0.3) is 10.9 Å². The maximum atomic E-state index is 11.7. The second-order valence-corrected chi connectivity index (χ2v) is 4.09. The number of methoxy groups -OCH3 is 1. The number of carbonyl (C=O) groups is 1. The molecule has 16 heavy (non-hydrogen) atoms. The van der Waals surface area contributed by atoms with E-state index in [0.717, 1.165) is 15.4 Å². The van der Waals surface area contributed by atoms with E-state index in [9.17, 15) is 4.79 Å². The molecule has 0 saturated carbocycles. The van der Waals surface area contributed by atoms with Gasteiger partial charge in [0.25, 0.3) is 5.91 Å². The Morgan fingerprint density at radius 1 is 1.50 bits per heavy atom. The Balaban J connectivity index is 2.37. The Labute approximate surface area is 101 Å². The third kappa shape index (κ3) is 1.96. The molecule has 1 aromatic heterocycles. The van der Waals surface area contributed by atoms with Crippen molar-refractivity contribution in [3.05, 3.63) is 34.4 Å². The third-order valence-corrected chi connectivity index (χ3v) is 3.07. The van der Waals surface area contributed by atoms with E-state index in [-0.39, 0.29) is 12.6 Å². The summed E-state index contributed by atoms with van der Waals surface area (Å²) in [5, 5.41) is 3.62. The molecule has 0 aliphatic rings. The lowest BCUT2D eigenvalue weighted by molar-refractivity contribution is 0.0867. The van der Waals surface area contributed by atoms with Crippen LogP contribution in [0.5, 0.6) is 0 Å². The van der Waals surface area contributed by atoms with Gasteiger partial charge in [0, 0.05) is 18.0 Å². The van der Waals surface area contributed by atoms with Crippen LogP contribution in [0.1, 0.15) is 10.5 Å². The van der Waals surface area contributed by atoms with Crippen LogP contribution in [0, 0.1) is 0 Å². The first kappa shape index (κ1) is 11.2. The van der Waals surface area contributed by atoms with Gasteiger partial charge in [0.2, 0.25) is 0 Å². The van der Waals surface area contributed by atoms with Gasteiger partial charge in [0.1, 0.15) is 12.4 Å². The van der Waals surface area contributed by atoms with Crippen LogP contribution >= 0.6 is 15.9 Å². The van der Waals surface area contributed by atoms with Gasteiger partial charge in [-0.15, -0.1) is 0 Å². The largest absolute Gasteiger partial charge is 0.364 e. The van der Waals surface area contributed by atoms with Crippen molar-refractivity contribution in [1.29, 1.82) is 0 Å². The van der Waals surface area contributed by atoms with Crippen molar-refractivity contribution < 1.29 is 9.53 Å². The first-order valence-electron chi connectivity index (χ1n) is 4.77. The number of H-pyrrole nitrogens is 1. The summed E-state index contributed by atoms with van der Waals surface area (Å²) >= 11 is 3.41. The highest BCUT2D eigenvalue weighted by Gasteiger charge is 2.14. The van der Waals surface area contributed by atoms with Gasteiger partial charge in [0.15, 0.2) is 0 Å². The SMILES string of the molecule is COCNC(=O)c1[nH]c2ccccc2c1Br. The zero-order chi connectivity index (χ0) is 11.5. The molecule has 0 aliphatic carbocycles. The zero-order valence-corrected chi connectivity index (χ0v) is 10.3. The second-order valence-electron chi connectivity index (χ2n) is 3.30. The van der Waals surface area contributed by atoms with Gasteiger partial charge in [-0.3, -0.25) is 4.79 Å². The molecule has 0 aliphatic heterocycles. The van der Waals surface area contributed by atoms with E-state index in [4.69, 9.17) is 4.74 Å². The van der Waals surface area contributed by atoms with E-state index < -0.39 is 0 Å². The monoisotopic (exact) mass is 282 g/mol. The Bertz CT molecular complexity index is 522. The number of aromatic amines is 1. The number of ether oxygens (including phenoxy) is 1. The number of rotatable bonds is 3. The summed E-state index contributed by atoms with van der Waals surface area (Å²) in [6, 6.07) is 7.72. The molecule has 5 heteroatoms.